The molecule has 3 aromatic rings. The molecular weight excluding hydrogens is 550 g/mol. The van der Waals surface area contributed by atoms with E-state index in [2.05, 4.69) is 20.9 Å². The van der Waals surface area contributed by atoms with Crippen molar-refractivity contribution in [2.75, 3.05) is 0 Å². The van der Waals surface area contributed by atoms with Gasteiger partial charge in [0.1, 0.15) is 23.9 Å². The molecule has 0 aliphatic heterocycles. The van der Waals surface area contributed by atoms with Crippen molar-refractivity contribution in [1.82, 2.24) is 20.9 Å². The number of phenols is 1. The molecule has 5 atom stereocenters. The number of benzene rings is 2. The first-order valence-electron chi connectivity index (χ1n) is 13.0. The van der Waals surface area contributed by atoms with Gasteiger partial charge in [-0.3, -0.25) is 19.2 Å². The number of hydrogen-bond donors (Lipinski definition) is 9. The fourth-order valence-electron chi connectivity index (χ4n) is 4.28. The zero-order chi connectivity index (χ0) is 31.0. The van der Waals surface area contributed by atoms with E-state index in [1.54, 1.807) is 18.3 Å². The Labute approximate surface area is 239 Å². The molecule has 0 saturated heterocycles. The van der Waals surface area contributed by atoms with Crippen LogP contribution >= 0.6 is 0 Å². The number of nitrogens with two attached hydrogens (primary N) is 1. The first-order chi connectivity index (χ1) is 19.8. The number of carboxylic acids is 2. The van der Waals surface area contributed by atoms with Gasteiger partial charge in [-0.25, -0.2) is 4.79 Å². The number of aromatic amines is 1. The number of hydrogen-bond acceptors (Lipinski definition) is 8. The lowest BCUT2D eigenvalue weighted by Crippen LogP contribution is -2.60. The zero-order valence-corrected chi connectivity index (χ0v) is 22.6. The molecule has 5 unspecified atom stereocenters. The number of para-hydroxylation sites is 1. The molecule has 14 heteroatoms. The third-order valence-corrected chi connectivity index (χ3v) is 6.52. The van der Waals surface area contributed by atoms with E-state index in [4.69, 9.17) is 10.8 Å². The molecule has 0 radical (unpaired) electrons. The van der Waals surface area contributed by atoms with Gasteiger partial charge in [0, 0.05) is 29.9 Å². The van der Waals surface area contributed by atoms with E-state index >= 15 is 0 Å². The van der Waals surface area contributed by atoms with E-state index < -0.39 is 66.4 Å². The summed E-state index contributed by atoms with van der Waals surface area (Å²) in [4.78, 5) is 65.0. The predicted molar refractivity (Wildman–Crippen MR) is 149 cm³/mol. The van der Waals surface area contributed by atoms with E-state index in [1.165, 1.54) is 31.2 Å². The summed E-state index contributed by atoms with van der Waals surface area (Å²) in [5, 5.41) is 46.4. The lowest BCUT2D eigenvalue weighted by molar-refractivity contribution is -0.143. The minimum absolute atomic E-state index is 0.0428. The average Bonchev–Trinajstić information content (AvgIpc) is 3.34. The number of aliphatic hydroxyl groups excluding tert-OH is 1. The highest BCUT2D eigenvalue weighted by atomic mass is 16.4. The number of amides is 3. The Morgan fingerprint density at radius 1 is 0.857 bits per heavy atom. The van der Waals surface area contributed by atoms with Gasteiger partial charge in [-0.05, 0) is 36.2 Å². The molecular formula is C28H33N5O9. The van der Waals surface area contributed by atoms with Gasteiger partial charge in [-0.1, -0.05) is 30.3 Å². The van der Waals surface area contributed by atoms with Crippen LogP contribution in [0.2, 0.25) is 0 Å². The van der Waals surface area contributed by atoms with Crippen LogP contribution in [0.5, 0.6) is 5.75 Å². The number of H-pyrrole nitrogens is 1. The van der Waals surface area contributed by atoms with Crippen molar-refractivity contribution >= 4 is 40.6 Å². The first-order valence-corrected chi connectivity index (χ1v) is 13.0. The summed E-state index contributed by atoms with van der Waals surface area (Å²) in [5.74, 6) is -5.57. The maximum Gasteiger partial charge on any atom is 0.326 e. The quantitative estimate of drug-likeness (QED) is 0.116. The van der Waals surface area contributed by atoms with E-state index in [0.29, 0.717) is 11.1 Å². The van der Waals surface area contributed by atoms with E-state index in [0.717, 1.165) is 10.9 Å². The Morgan fingerprint density at radius 3 is 2.12 bits per heavy atom. The fourth-order valence-corrected chi connectivity index (χ4v) is 4.28. The lowest BCUT2D eigenvalue weighted by Gasteiger charge is -2.26. The molecule has 1 heterocycles. The number of rotatable bonds is 14. The van der Waals surface area contributed by atoms with Gasteiger partial charge >= 0.3 is 11.9 Å². The van der Waals surface area contributed by atoms with Gasteiger partial charge < -0.3 is 47.1 Å². The van der Waals surface area contributed by atoms with Crippen molar-refractivity contribution in [1.29, 1.82) is 0 Å². The number of aliphatic carboxylic acids is 2. The zero-order valence-electron chi connectivity index (χ0n) is 22.6. The minimum atomic E-state index is -1.62. The number of carboxylic acid groups (broad SMARTS) is 2. The third kappa shape index (κ3) is 8.52. The van der Waals surface area contributed by atoms with Gasteiger partial charge in [0.05, 0.1) is 18.6 Å². The number of aliphatic hydroxyl groups is 1. The van der Waals surface area contributed by atoms with Crippen molar-refractivity contribution in [3.8, 4) is 5.75 Å². The fraction of sp³-hybridized carbons (Fsp3) is 0.321. The van der Waals surface area contributed by atoms with Crippen LogP contribution in [0.3, 0.4) is 0 Å². The summed E-state index contributed by atoms with van der Waals surface area (Å²) < 4.78 is 0. The van der Waals surface area contributed by atoms with Gasteiger partial charge in [0.15, 0.2) is 0 Å². The van der Waals surface area contributed by atoms with Crippen LogP contribution in [0.25, 0.3) is 10.9 Å². The normalized spacial score (nSPS) is 14.6. The summed E-state index contributed by atoms with van der Waals surface area (Å²) in [6, 6.07) is 7.01. The van der Waals surface area contributed by atoms with Crippen LogP contribution in [0, 0.1) is 0 Å². The molecule has 14 nitrogen and oxygen atoms in total. The average molecular weight is 584 g/mol. The number of phenolic OH excluding ortho intramolecular Hbond substituents is 1. The lowest BCUT2D eigenvalue weighted by atomic mass is 10.0. The Hall–Kier alpha value is -4.95. The second-order valence-electron chi connectivity index (χ2n) is 9.83. The number of fused-ring (bicyclic) bond motifs is 1. The SMILES string of the molecule is CC(O)C(NC(=O)C(Cc1ccc(O)cc1)NC(=O)C(N)CC(=O)O)C(=O)NC(Cc1c[nH]c2ccccc12)C(=O)O. The van der Waals surface area contributed by atoms with Crippen molar-refractivity contribution in [3.63, 3.8) is 0 Å². The Balaban J connectivity index is 1.77. The van der Waals surface area contributed by atoms with Crippen molar-refractivity contribution in [3.05, 3.63) is 65.9 Å². The van der Waals surface area contributed by atoms with Crippen LogP contribution in [-0.2, 0) is 36.8 Å². The van der Waals surface area contributed by atoms with E-state index in [1.807, 2.05) is 12.1 Å². The molecule has 10 N–H and O–H groups in total. The first kappa shape index (κ1) is 31.6. The number of nitrogens with one attached hydrogen (secondary N) is 4. The molecule has 0 aliphatic carbocycles. The second-order valence-corrected chi connectivity index (χ2v) is 9.83. The summed E-state index contributed by atoms with van der Waals surface area (Å²) >= 11 is 0. The summed E-state index contributed by atoms with van der Waals surface area (Å²) in [7, 11) is 0. The topological polar surface area (TPSA) is 244 Å². The highest BCUT2D eigenvalue weighted by Crippen LogP contribution is 2.19. The smallest absolute Gasteiger partial charge is 0.326 e. The molecule has 224 valence electrons. The maximum absolute atomic E-state index is 13.3. The van der Waals surface area contributed by atoms with E-state index in [-0.39, 0.29) is 18.6 Å². The van der Waals surface area contributed by atoms with Crippen LogP contribution in [0.15, 0.2) is 54.7 Å². The second kappa shape index (κ2) is 14.1. The number of carbonyl (C=O) groups excluding carboxylic acids is 3. The summed E-state index contributed by atoms with van der Waals surface area (Å²) in [6.45, 7) is 1.22. The summed E-state index contributed by atoms with van der Waals surface area (Å²) in [6.07, 6.45) is -0.788. The van der Waals surface area contributed by atoms with Gasteiger partial charge in [0.2, 0.25) is 17.7 Å². The molecule has 3 rings (SSSR count). The van der Waals surface area contributed by atoms with Crippen molar-refractivity contribution < 1.29 is 44.4 Å². The number of carbonyl (C=O) groups is 5. The highest BCUT2D eigenvalue weighted by molar-refractivity contribution is 5.95. The van der Waals surface area contributed by atoms with Crippen LogP contribution in [-0.4, -0.2) is 85.3 Å². The van der Waals surface area contributed by atoms with Crippen molar-refractivity contribution in [2.45, 2.75) is 56.5 Å². The molecule has 0 saturated carbocycles. The molecule has 1 aromatic heterocycles. The van der Waals surface area contributed by atoms with E-state index in [9.17, 15) is 39.3 Å². The monoisotopic (exact) mass is 583 g/mol. The van der Waals surface area contributed by atoms with Gasteiger partial charge in [0.25, 0.3) is 0 Å². The molecule has 2 aromatic carbocycles. The highest BCUT2D eigenvalue weighted by Gasteiger charge is 2.33. The molecule has 3 amide bonds. The Morgan fingerprint density at radius 2 is 1.50 bits per heavy atom. The van der Waals surface area contributed by atoms with Gasteiger partial charge in [-0.2, -0.15) is 0 Å². The summed E-state index contributed by atoms with van der Waals surface area (Å²) in [5.41, 5.74) is 7.53. The molecule has 0 fully saturated rings. The molecule has 42 heavy (non-hydrogen) atoms. The van der Waals surface area contributed by atoms with Crippen LogP contribution in [0.4, 0.5) is 0 Å². The molecule has 0 spiro atoms. The van der Waals surface area contributed by atoms with Crippen LogP contribution < -0.4 is 21.7 Å². The Bertz CT molecular complexity index is 1440. The Kier molecular flexibility index (Phi) is 10.6. The van der Waals surface area contributed by atoms with Crippen molar-refractivity contribution in [2.24, 2.45) is 5.73 Å². The van der Waals surface area contributed by atoms with Crippen LogP contribution in [0.1, 0.15) is 24.5 Å². The van der Waals surface area contributed by atoms with Gasteiger partial charge in [-0.15, -0.1) is 0 Å². The molecule has 0 aliphatic rings. The predicted octanol–water partition coefficient (Wildman–Crippen LogP) is -0.619. The number of aromatic hydroxyl groups is 1. The number of aromatic nitrogens is 1. The molecule has 0 bridgehead atoms. The largest absolute Gasteiger partial charge is 0.508 e. The maximum atomic E-state index is 13.3. The standard InChI is InChI=1S/C28H33N5O9/c1-14(34)24(27(40)32-22(28(41)42)11-16-13-30-20-5-3-2-4-18(16)20)33-26(39)21(10-15-6-8-17(35)9-7-15)31-25(38)19(29)12-23(36)37/h2-9,13-14,19,21-22,24,30,34-35H,10-12,29H2,1H3,(H,31,38)(H,32,40)(H,33,39)(H,36,37)(H,41,42). The third-order valence-electron chi connectivity index (χ3n) is 6.52. The minimum Gasteiger partial charge on any atom is -0.508 e.